The molecule has 0 fully saturated rings. The predicted molar refractivity (Wildman–Crippen MR) is 118 cm³/mol. The Morgan fingerprint density at radius 3 is 2.80 bits per heavy atom. The lowest BCUT2D eigenvalue weighted by molar-refractivity contribution is 0.102. The first-order valence-corrected chi connectivity index (χ1v) is 10.1. The van der Waals surface area contributed by atoms with Gasteiger partial charge in [-0.1, -0.05) is 37.1 Å². The number of fused-ring (bicyclic) bond motifs is 1. The molecule has 4 aromatic rings. The third-order valence-corrected chi connectivity index (χ3v) is 5.02. The van der Waals surface area contributed by atoms with Gasteiger partial charge in [0.2, 0.25) is 0 Å². The SMILES string of the molecule is CCCCn1nc(C(=O)Nc2ccc3nc(-c4ccccc4Cl)[nH]c3c2)ccc1=O. The number of carbonyl (C=O) groups excluding carboxylic acids is 1. The van der Waals surface area contributed by atoms with Crippen LogP contribution in [-0.4, -0.2) is 25.7 Å². The number of aryl methyl sites for hydroxylation is 1. The van der Waals surface area contributed by atoms with Gasteiger partial charge in [-0.05, 0) is 42.8 Å². The summed E-state index contributed by atoms with van der Waals surface area (Å²) in [6.45, 7) is 2.52. The topological polar surface area (TPSA) is 92.7 Å². The number of imidazole rings is 1. The van der Waals surface area contributed by atoms with Crippen LogP contribution in [0.15, 0.2) is 59.4 Å². The number of hydrogen-bond acceptors (Lipinski definition) is 4. The summed E-state index contributed by atoms with van der Waals surface area (Å²) in [7, 11) is 0. The number of anilines is 1. The van der Waals surface area contributed by atoms with Gasteiger partial charge in [-0.15, -0.1) is 0 Å². The molecule has 0 bridgehead atoms. The molecular weight excluding hydrogens is 402 g/mol. The van der Waals surface area contributed by atoms with E-state index in [1.807, 2.05) is 37.3 Å². The monoisotopic (exact) mass is 421 g/mol. The first-order valence-electron chi connectivity index (χ1n) is 9.69. The van der Waals surface area contributed by atoms with E-state index in [1.165, 1.54) is 16.8 Å². The van der Waals surface area contributed by atoms with E-state index in [2.05, 4.69) is 20.4 Å². The number of amides is 1. The largest absolute Gasteiger partial charge is 0.338 e. The van der Waals surface area contributed by atoms with Crippen molar-refractivity contribution in [2.24, 2.45) is 0 Å². The number of rotatable bonds is 6. The predicted octanol–water partition coefficient (Wildman–Crippen LogP) is 4.49. The maximum absolute atomic E-state index is 12.6. The fourth-order valence-corrected chi connectivity index (χ4v) is 3.33. The van der Waals surface area contributed by atoms with Gasteiger partial charge in [-0.3, -0.25) is 9.59 Å². The highest BCUT2D eigenvalue weighted by Crippen LogP contribution is 2.28. The summed E-state index contributed by atoms with van der Waals surface area (Å²) in [6, 6.07) is 15.6. The Hall–Kier alpha value is -3.45. The number of H-pyrrole nitrogens is 1. The zero-order valence-corrected chi connectivity index (χ0v) is 17.1. The number of benzene rings is 2. The summed E-state index contributed by atoms with van der Waals surface area (Å²) in [5.74, 6) is 0.272. The second-order valence-electron chi connectivity index (χ2n) is 6.88. The summed E-state index contributed by atoms with van der Waals surface area (Å²) in [5.41, 5.74) is 2.89. The van der Waals surface area contributed by atoms with Gasteiger partial charge in [0.05, 0.1) is 16.1 Å². The highest BCUT2D eigenvalue weighted by atomic mass is 35.5. The van der Waals surface area contributed by atoms with Crippen molar-refractivity contribution in [2.45, 2.75) is 26.3 Å². The van der Waals surface area contributed by atoms with Gasteiger partial charge in [0, 0.05) is 23.9 Å². The summed E-state index contributed by atoms with van der Waals surface area (Å²) >= 11 is 6.26. The molecule has 0 saturated carbocycles. The maximum atomic E-state index is 12.6. The van der Waals surface area contributed by atoms with Gasteiger partial charge >= 0.3 is 0 Å². The van der Waals surface area contributed by atoms with E-state index in [1.54, 1.807) is 12.1 Å². The average Bonchev–Trinajstić information content (AvgIpc) is 3.16. The number of carbonyl (C=O) groups is 1. The molecule has 152 valence electrons. The van der Waals surface area contributed by atoms with Gasteiger partial charge in [-0.25, -0.2) is 9.67 Å². The van der Waals surface area contributed by atoms with E-state index in [9.17, 15) is 9.59 Å². The third-order valence-electron chi connectivity index (χ3n) is 4.69. The molecular formula is C22H20ClN5O2. The molecule has 2 aromatic heterocycles. The van der Waals surface area contributed by atoms with E-state index in [4.69, 9.17) is 11.6 Å². The van der Waals surface area contributed by atoms with E-state index in [0.29, 0.717) is 23.1 Å². The Labute approximate surface area is 177 Å². The van der Waals surface area contributed by atoms with Crippen molar-refractivity contribution in [3.05, 3.63) is 75.7 Å². The number of aromatic nitrogens is 4. The van der Waals surface area contributed by atoms with Crippen LogP contribution in [-0.2, 0) is 6.54 Å². The molecule has 0 spiro atoms. The molecule has 0 aliphatic rings. The highest BCUT2D eigenvalue weighted by Gasteiger charge is 2.12. The van der Waals surface area contributed by atoms with Crippen LogP contribution >= 0.6 is 11.6 Å². The van der Waals surface area contributed by atoms with Gasteiger partial charge in [0.25, 0.3) is 11.5 Å². The zero-order chi connectivity index (χ0) is 21.1. The molecule has 0 unspecified atom stereocenters. The Balaban J connectivity index is 1.58. The minimum Gasteiger partial charge on any atom is -0.338 e. The molecule has 8 heteroatoms. The van der Waals surface area contributed by atoms with Crippen molar-refractivity contribution in [1.82, 2.24) is 19.7 Å². The van der Waals surface area contributed by atoms with E-state index in [-0.39, 0.29) is 17.2 Å². The fourth-order valence-electron chi connectivity index (χ4n) is 3.10. The maximum Gasteiger partial charge on any atom is 0.276 e. The molecule has 1 amide bonds. The van der Waals surface area contributed by atoms with E-state index < -0.39 is 0 Å². The minimum absolute atomic E-state index is 0.187. The molecule has 7 nitrogen and oxygen atoms in total. The molecule has 2 heterocycles. The van der Waals surface area contributed by atoms with Crippen molar-refractivity contribution in [2.75, 3.05) is 5.32 Å². The molecule has 0 saturated heterocycles. The van der Waals surface area contributed by atoms with Crippen LogP contribution in [0.3, 0.4) is 0 Å². The highest BCUT2D eigenvalue weighted by molar-refractivity contribution is 6.33. The van der Waals surface area contributed by atoms with E-state index in [0.717, 1.165) is 29.4 Å². The molecule has 0 atom stereocenters. The van der Waals surface area contributed by atoms with Crippen LogP contribution < -0.4 is 10.9 Å². The number of halogens is 1. The van der Waals surface area contributed by atoms with Gasteiger partial charge in [0.15, 0.2) is 0 Å². The number of nitrogens with one attached hydrogen (secondary N) is 2. The van der Waals surface area contributed by atoms with Crippen LogP contribution in [0.25, 0.3) is 22.4 Å². The summed E-state index contributed by atoms with van der Waals surface area (Å²) in [4.78, 5) is 32.3. The van der Waals surface area contributed by atoms with Crippen LogP contribution in [0.4, 0.5) is 5.69 Å². The van der Waals surface area contributed by atoms with Crippen molar-refractivity contribution >= 4 is 34.2 Å². The Kier molecular flexibility index (Phi) is 5.63. The van der Waals surface area contributed by atoms with Crippen LogP contribution in [0.5, 0.6) is 0 Å². The van der Waals surface area contributed by atoms with Crippen molar-refractivity contribution < 1.29 is 4.79 Å². The van der Waals surface area contributed by atoms with Crippen molar-refractivity contribution in [1.29, 1.82) is 0 Å². The summed E-state index contributed by atoms with van der Waals surface area (Å²) < 4.78 is 1.33. The quantitative estimate of drug-likeness (QED) is 0.479. The molecule has 30 heavy (non-hydrogen) atoms. The second kappa shape index (κ2) is 8.51. The van der Waals surface area contributed by atoms with Gasteiger partial charge < -0.3 is 10.3 Å². The standard InChI is InChI=1S/C22H20ClN5O2/c1-2-3-12-28-20(29)11-10-18(27-28)22(30)24-14-8-9-17-19(13-14)26-21(25-17)15-6-4-5-7-16(15)23/h4-11,13H,2-3,12H2,1H3,(H,24,30)(H,25,26). The lowest BCUT2D eigenvalue weighted by Crippen LogP contribution is -2.26. The van der Waals surface area contributed by atoms with Crippen LogP contribution in [0, 0.1) is 0 Å². The number of unbranched alkanes of at least 4 members (excludes halogenated alkanes) is 1. The first-order chi connectivity index (χ1) is 14.5. The van der Waals surface area contributed by atoms with Crippen LogP contribution in [0.1, 0.15) is 30.3 Å². The lowest BCUT2D eigenvalue weighted by Gasteiger charge is -2.07. The first kappa shape index (κ1) is 19.8. The van der Waals surface area contributed by atoms with Crippen LogP contribution in [0.2, 0.25) is 5.02 Å². The average molecular weight is 422 g/mol. The van der Waals surface area contributed by atoms with Gasteiger partial charge in [-0.2, -0.15) is 5.10 Å². The minimum atomic E-state index is -0.384. The molecule has 0 aliphatic carbocycles. The molecule has 0 aliphatic heterocycles. The second-order valence-corrected chi connectivity index (χ2v) is 7.29. The molecule has 4 rings (SSSR count). The Morgan fingerprint density at radius 1 is 1.17 bits per heavy atom. The van der Waals surface area contributed by atoms with Crippen molar-refractivity contribution in [3.8, 4) is 11.4 Å². The smallest absolute Gasteiger partial charge is 0.276 e. The third kappa shape index (κ3) is 4.11. The zero-order valence-electron chi connectivity index (χ0n) is 16.4. The summed E-state index contributed by atoms with van der Waals surface area (Å²) in [6.07, 6.45) is 1.76. The normalized spacial score (nSPS) is 11.0. The number of aromatic amines is 1. The molecule has 2 N–H and O–H groups in total. The lowest BCUT2D eigenvalue weighted by atomic mass is 10.2. The number of hydrogen-bond donors (Lipinski definition) is 2. The fraction of sp³-hybridized carbons (Fsp3) is 0.182. The Bertz CT molecular complexity index is 1280. The molecule has 0 radical (unpaired) electrons. The summed E-state index contributed by atoms with van der Waals surface area (Å²) in [5, 5.41) is 7.61. The Morgan fingerprint density at radius 2 is 2.00 bits per heavy atom. The molecule has 2 aromatic carbocycles. The number of nitrogens with zero attached hydrogens (tertiary/aromatic N) is 3. The van der Waals surface area contributed by atoms with Gasteiger partial charge in [0.1, 0.15) is 11.5 Å². The van der Waals surface area contributed by atoms with E-state index >= 15 is 0 Å². The van der Waals surface area contributed by atoms with Crippen molar-refractivity contribution in [3.63, 3.8) is 0 Å².